The number of unbranched alkanes of at least 4 members (excludes halogenated alkanes) is 2. The molecule has 1 unspecified atom stereocenters. The van der Waals surface area contributed by atoms with Crippen LogP contribution in [0.2, 0.25) is 0 Å². The molecule has 0 spiro atoms. The Labute approximate surface area is 474 Å². The number of nitrogens with one attached hydrogen (secondary N) is 6. The second-order valence-corrected chi connectivity index (χ2v) is 23.3. The van der Waals surface area contributed by atoms with Crippen molar-refractivity contribution < 1.29 is 42.6 Å². The highest BCUT2D eigenvalue weighted by molar-refractivity contribution is 7.13. The van der Waals surface area contributed by atoms with E-state index in [9.17, 15) is 37.9 Å². The number of aromatic nitrogens is 3. The molecule has 21 heteroatoms. The van der Waals surface area contributed by atoms with Crippen molar-refractivity contribution in [2.75, 3.05) is 74.6 Å². The fraction of sp³-hybridized carbons (Fsp3) is 0.450. The molecule has 7 N–H and O–H groups in total. The number of aryl methyl sites for hydroxylation is 1. The molecule has 3 aliphatic rings. The van der Waals surface area contributed by atoms with Gasteiger partial charge in [0.25, 0.3) is 5.91 Å². The van der Waals surface area contributed by atoms with Crippen LogP contribution in [0.3, 0.4) is 0 Å². The van der Waals surface area contributed by atoms with Crippen LogP contribution in [0.1, 0.15) is 98.5 Å². The topological polar surface area (TPSA) is 226 Å². The molecular formula is C60H73F2N11O7S. The molecule has 0 saturated carbocycles. The van der Waals surface area contributed by atoms with Gasteiger partial charge in [0.1, 0.15) is 23.7 Å². The minimum absolute atomic E-state index is 0.00960. The number of anilines is 3. The van der Waals surface area contributed by atoms with Gasteiger partial charge in [-0.05, 0) is 109 Å². The Balaban J connectivity index is 0.704. The van der Waals surface area contributed by atoms with E-state index in [1.54, 1.807) is 11.3 Å². The zero-order valence-electron chi connectivity index (χ0n) is 46.4. The molecule has 5 heterocycles. The summed E-state index contributed by atoms with van der Waals surface area (Å²) in [5, 5.41) is 34.2. The van der Waals surface area contributed by atoms with Crippen molar-refractivity contribution in [2.45, 2.75) is 110 Å². The SMILES string of the molecule is Cc1ncsc1-c1ccc(CNC(=O)[C@@H]2C[C@@H](O)CN2C(=O)C(NC(=O)CCCCCNC(=O)CN2CCN(c3ccc(C(=O)Nc4n[nH]c5ccc(Cc6cc(F)cc(F)c6)cc45)c(NC4CCOCC4)c3)CC2)C(C)(C)C)cc1. The number of ether oxygens (including phenoxy) is 1. The molecule has 430 valence electrons. The monoisotopic (exact) mass is 1130 g/mol. The molecular weight excluding hydrogens is 1060 g/mol. The molecule has 18 nitrogen and oxygen atoms in total. The average molecular weight is 1130 g/mol. The molecule has 3 saturated heterocycles. The minimum atomic E-state index is -0.921. The van der Waals surface area contributed by atoms with E-state index >= 15 is 0 Å². The van der Waals surface area contributed by atoms with Crippen molar-refractivity contribution in [3.05, 3.63) is 124 Å². The number of thiazole rings is 1. The lowest BCUT2D eigenvalue weighted by Crippen LogP contribution is -2.57. The summed E-state index contributed by atoms with van der Waals surface area (Å²) in [6.07, 6.45) is 3.19. The summed E-state index contributed by atoms with van der Waals surface area (Å²) in [4.78, 5) is 79.2. The summed E-state index contributed by atoms with van der Waals surface area (Å²) >= 11 is 1.57. The zero-order valence-corrected chi connectivity index (χ0v) is 47.2. The number of aliphatic hydroxyl groups is 1. The van der Waals surface area contributed by atoms with Crippen LogP contribution in [0.5, 0.6) is 0 Å². The molecule has 0 bridgehead atoms. The molecule has 6 aromatic rings. The fourth-order valence-electron chi connectivity index (χ4n) is 10.7. The van der Waals surface area contributed by atoms with Gasteiger partial charge in [-0.25, -0.2) is 13.8 Å². The van der Waals surface area contributed by atoms with Gasteiger partial charge in [-0.3, -0.25) is 34.0 Å². The molecule has 0 radical (unpaired) electrons. The lowest BCUT2D eigenvalue weighted by atomic mass is 9.85. The van der Waals surface area contributed by atoms with Crippen LogP contribution in [-0.2, 0) is 36.9 Å². The number of H-pyrrole nitrogens is 1. The van der Waals surface area contributed by atoms with Crippen LogP contribution in [0.25, 0.3) is 21.3 Å². The van der Waals surface area contributed by atoms with Crippen LogP contribution in [0.4, 0.5) is 26.0 Å². The maximum atomic E-state index is 14.1. The highest BCUT2D eigenvalue weighted by Gasteiger charge is 2.44. The van der Waals surface area contributed by atoms with Crippen LogP contribution in [0, 0.1) is 24.0 Å². The molecule has 9 rings (SSSR count). The lowest BCUT2D eigenvalue weighted by Gasteiger charge is -2.36. The number of piperazine rings is 1. The number of nitrogens with zero attached hydrogens (tertiary/aromatic N) is 5. The maximum Gasteiger partial charge on any atom is 0.258 e. The van der Waals surface area contributed by atoms with Crippen molar-refractivity contribution in [1.29, 1.82) is 0 Å². The van der Waals surface area contributed by atoms with Gasteiger partial charge >= 0.3 is 0 Å². The first-order valence-corrected chi connectivity index (χ1v) is 28.8. The Kier molecular flexibility index (Phi) is 19.1. The number of benzene rings is 4. The summed E-state index contributed by atoms with van der Waals surface area (Å²) in [5.74, 6) is -2.45. The van der Waals surface area contributed by atoms with Gasteiger partial charge in [0, 0.05) is 101 Å². The Bertz CT molecular complexity index is 3170. The summed E-state index contributed by atoms with van der Waals surface area (Å²) in [5.41, 5.74) is 8.08. The van der Waals surface area contributed by atoms with Gasteiger partial charge in [-0.1, -0.05) is 57.5 Å². The lowest BCUT2D eigenvalue weighted by molar-refractivity contribution is -0.144. The Morgan fingerprint density at radius 2 is 1.59 bits per heavy atom. The second-order valence-electron chi connectivity index (χ2n) is 22.5. The molecule has 81 heavy (non-hydrogen) atoms. The number of hydrogen-bond acceptors (Lipinski definition) is 13. The van der Waals surface area contributed by atoms with Crippen LogP contribution >= 0.6 is 11.3 Å². The molecule has 3 fully saturated rings. The van der Waals surface area contributed by atoms with E-state index in [1.807, 2.05) is 93.9 Å². The van der Waals surface area contributed by atoms with Crippen molar-refractivity contribution in [1.82, 2.24) is 40.9 Å². The molecule has 2 aromatic heterocycles. The summed E-state index contributed by atoms with van der Waals surface area (Å²) < 4.78 is 33.5. The van der Waals surface area contributed by atoms with E-state index < -0.39 is 41.1 Å². The average Bonchev–Trinajstić information content (AvgIpc) is 4.30. The predicted molar refractivity (Wildman–Crippen MR) is 309 cm³/mol. The van der Waals surface area contributed by atoms with E-state index in [0.29, 0.717) is 98.7 Å². The largest absolute Gasteiger partial charge is 0.391 e. The number of carbonyl (C=O) groups is 5. The summed E-state index contributed by atoms with van der Waals surface area (Å²) in [6.45, 7) is 12.4. The number of aromatic amines is 1. The standard InChI is InChI=1S/C60H73F2N11O7S/c1-37-54(81-36-65-37)41-12-9-38(10-13-41)33-64-58(78)51-32-46(74)34-73(51)59(79)55(60(2,3)4)67-52(75)8-6-5-7-19-63-53(76)35-71-20-22-72(23-21-71)45-14-15-47(50(31-45)66-44-17-24-80-25-18-44)57(77)68-56-48-29-39(11-16-49(48)69-70-56)26-40-27-42(61)30-43(62)28-40/h9-16,27-31,36,44,46,51,55,66,74H,5-8,17-26,32-35H2,1-4H3,(H,63,76)(H,64,78)(H,67,75)(H2,68,69,70,77)/t46-,51+,55?/m1/s1. The number of fused-ring (bicyclic) bond motifs is 1. The number of aliphatic hydroxyl groups excluding tert-OH is 1. The van der Waals surface area contributed by atoms with Gasteiger partial charge in [0.05, 0.1) is 39.8 Å². The van der Waals surface area contributed by atoms with Gasteiger partial charge in [-0.15, -0.1) is 11.3 Å². The second kappa shape index (κ2) is 26.5. The number of β-amino-alcohol motifs (C(OH)–C–C–N with tert-alkyl or cyclic N) is 1. The third-order valence-corrected chi connectivity index (χ3v) is 16.2. The highest BCUT2D eigenvalue weighted by atomic mass is 32.1. The number of carbonyl (C=O) groups excluding carboxylic acids is 5. The number of likely N-dealkylation sites (tertiary alicyclic amines) is 1. The summed E-state index contributed by atoms with van der Waals surface area (Å²) in [6, 6.07) is 20.9. The molecule has 5 amide bonds. The molecule has 4 aromatic carbocycles. The maximum absolute atomic E-state index is 14.1. The van der Waals surface area contributed by atoms with Crippen molar-refractivity contribution in [3.8, 4) is 10.4 Å². The summed E-state index contributed by atoms with van der Waals surface area (Å²) in [7, 11) is 0. The normalized spacial score (nSPS) is 17.5. The smallest absolute Gasteiger partial charge is 0.258 e. The van der Waals surface area contributed by atoms with Crippen molar-refractivity contribution >= 4 is 69.0 Å². The first kappa shape index (κ1) is 58.3. The van der Waals surface area contributed by atoms with Crippen molar-refractivity contribution in [3.63, 3.8) is 0 Å². The van der Waals surface area contributed by atoms with Crippen molar-refractivity contribution in [2.24, 2.45) is 5.41 Å². The minimum Gasteiger partial charge on any atom is -0.391 e. The molecule has 0 aliphatic carbocycles. The van der Waals surface area contributed by atoms with Crippen LogP contribution in [0.15, 0.2) is 84.4 Å². The Morgan fingerprint density at radius 1 is 0.852 bits per heavy atom. The number of hydrogen-bond donors (Lipinski definition) is 7. The van der Waals surface area contributed by atoms with Gasteiger partial charge < -0.3 is 46.2 Å². The predicted octanol–water partition coefficient (Wildman–Crippen LogP) is 7.31. The first-order chi connectivity index (χ1) is 38.9. The Morgan fingerprint density at radius 3 is 2.31 bits per heavy atom. The molecule has 3 atom stereocenters. The number of halogens is 2. The van der Waals surface area contributed by atoms with Crippen LogP contribution in [-0.4, -0.2) is 143 Å². The van der Waals surface area contributed by atoms with Gasteiger partial charge in [0.15, 0.2) is 5.82 Å². The third-order valence-electron chi connectivity index (χ3n) is 15.2. The number of rotatable bonds is 21. The van der Waals surface area contributed by atoms with E-state index in [4.69, 9.17) is 4.74 Å². The van der Waals surface area contributed by atoms with Gasteiger partial charge in [0.2, 0.25) is 23.6 Å². The van der Waals surface area contributed by atoms with Crippen LogP contribution < -0.4 is 31.5 Å². The van der Waals surface area contributed by atoms with Gasteiger partial charge in [-0.2, -0.15) is 5.10 Å². The first-order valence-electron chi connectivity index (χ1n) is 27.9. The number of amides is 5. The zero-order chi connectivity index (χ0) is 57.2. The fourth-order valence-corrected chi connectivity index (χ4v) is 11.6. The quantitative estimate of drug-likeness (QED) is 0.0352. The third kappa shape index (κ3) is 15.4. The van der Waals surface area contributed by atoms with E-state index in [2.05, 4.69) is 51.6 Å². The Hall–Kier alpha value is -7.33. The van der Waals surface area contributed by atoms with E-state index in [0.717, 1.165) is 51.9 Å². The molecule has 3 aliphatic heterocycles. The highest BCUT2D eigenvalue weighted by Crippen LogP contribution is 2.32. The van der Waals surface area contributed by atoms with E-state index in [-0.39, 0.29) is 68.6 Å². The van der Waals surface area contributed by atoms with E-state index in [1.165, 1.54) is 17.0 Å².